The molecule has 0 aliphatic rings. The first-order chi connectivity index (χ1) is 13.0. The summed E-state index contributed by atoms with van der Waals surface area (Å²) < 4.78 is 26.0. The zero-order valence-corrected chi connectivity index (χ0v) is 16.9. The molecule has 3 N–H and O–H groups in total. The predicted molar refractivity (Wildman–Crippen MR) is 108 cm³/mol. The summed E-state index contributed by atoms with van der Waals surface area (Å²) in [6.45, 7) is 5.47. The summed E-state index contributed by atoms with van der Waals surface area (Å²) in [5.41, 5.74) is 4.65. The molecule has 2 aromatic carbocycles. The van der Waals surface area contributed by atoms with E-state index in [1.54, 1.807) is 19.1 Å². The lowest BCUT2D eigenvalue weighted by atomic mass is 9.93. The van der Waals surface area contributed by atoms with E-state index in [-0.39, 0.29) is 5.82 Å². The molecule has 0 saturated heterocycles. The molecule has 0 radical (unpaired) electrons. The number of aliphatic carboxylic acids is 1. The van der Waals surface area contributed by atoms with E-state index < -0.39 is 32.0 Å². The standard InChI is InChI=1S/C21H24FO5P/c1-13-8-14(2)18(6-7-28(26,27)12-17(23)11-21(24)25)19(9-13)16-4-5-20(22)15(3)10-16/h4-10,17,23H,11-12H2,1-3H3,(H,24,25)(H,26,27)/b7-6+. The monoisotopic (exact) mass is 406 g/mol. The summed E-state index contributed by atoms with van der Waals surface area (Å²) in [6, 6.07) is 8.61. The van der Waals surface area contributed by atoms with Crippen molar-refractivity contribution < 1.29 is 28.9 Å². The number of halogens is 1. The number of carboxylic acids is 1. The summed E-state index contributed by atoms with van der Waals surface area (Å²) in [7, 11) is -3.88. The first-order valence-corrected chi connectivity index (χ1v) is 10.7. The average Bonchev–Trinajstić information content (AvgIpc) is 2.54. The van der Waals surface area contributed by atoms with Gasteiger partial charge < -0.3 is 15.1 Å². The largest absolute Gasteiger partial charge is 0.481 e. The minimum atomic E-state index is -3.88. The number of carboxylic acid groups (broad SMARTS) is 1. The van der Waals surface area contributed by atoms with Crippen LogP contribution in [-0.2, 0) is 9.36 Å². The first-order valence-electron chi connectivity index (χ1n) is 8.77. The number of aliphatic hydroxyl groups is 1. The molecule has 2 atom stereocenters. The molecule has 28 heavy (non-hydrogen) atoms. The number of rotatable bonds is 7. The molecule has 150 valence electrons. The van der Waals surface area contributed by atoms with Crippen LogP contribution in [0.15, 0.2) is 36.1 Å². The maximum Gasteiger partial charge on any atom is 0.305 e. The van der Waals surface area contributed by atoms with Crippen molar-refractivity contribution in [2.75, 3.05) is 6.16 Å². The molecule has 5 nitrogen and oxygen atoms in total. The van der Waals surface area contributed by atoms with Crippen molar-refractivity contribution in [1.82, 2.24) is 0 Å². The van der Waals surface area contributed by atoms with Gasteiger partial charge in [-0.15, -0.1) is 0 Å². The van der Waals surface area contributed by atoms with Gasteiger partial charge in [0, 0.05) is 5.82 Å². The van der Waals surface area contributed by atoms with Crippen molar-refractivity contribution in [2.24, 2.45) is 0 Å². The zero-order chi connectivity index (χ0) is 21.1. The van der Waals surface area contributed by atoms with Gasteiger partial charge in [-0.25, -0.2) is 4.39 Å². The quantitative estimate of drug-likeness (QED) is 0.589. The van der Waals surface area contributed by atoms with Crippen molar-refractivity contribution in [2.45, 2.75) is 33.3 Å². The van der Waals surface area contributed by atoms with E-state index in [0.29, 0.717) is 11.1 Å². The van der Waals surface area contributed by atoms with Crippen LogP contribution in [0.4, 0.5) is 4.39 Å². The number of aliphatic hydroxyl groups excluding tert-OH is 1. The highest BCUT2D eigenvalue weighted by atomic mass is 31.2. The Balaban J connectivity index is 2.42. The van der Waals surface area contributed by atoms with Crippen molar-refractivity contribution in [1.29, 1.82) is 0 Å². The molecule has 0 aliphatic carbocycles. The molecule has 2 aromatic rings. The van der Waals surface area contributed by atoms with E-state index in [0.717, 1.165) is 28.1 Å². The van der Waals surface area contributed by atoms with Crippen molar-refractivity contribution in [3.8, 4) is 11.1 Å². The Hall–Kier alpha value is -2.27. The highest BCUT2D eigenvalue weighted by Crippen LogP contribution is 2.44. The molecule has 2 rings (SSSR count). The van der Waals surface area contributed by atoms with Gasteiger partial charge >= 0.3 is 5.97 Å². The van der Waals surface area contributed by atoms with Gasteiger partial charge in [-0.3, -0.25) is 9.36 Å². The summed E-state index contributed by atoms with van der Waals surface area (Å²) >= 11 is 0. The lowest BCUT2D eigenvalue weighted by molar-refractivity contribution is -0.138. The van der Waals surface area contributed by atoms with E-state index in [2.05, 4.69) is 0 Å². The van der Waals surface area contributed by atoms with Crippen LogP contribution in [0, 0.1) is 26.6 Å². The minimum absolute atomic E-state index is 0.308. The smallest absolute Gasteiger partial charge is 0.305 e. The highest BCUT2D eigenvalue weighted by Gasteiger charge is 2.22. The van der Waals surface area contributed by atoms with Gasteiger partial charge in [0.2, 0.25) is 7.37 Å². The molecular formula is C21H24FO5P. The van der Waals surface area contributed by atoms with Crippen LogP contribution in [0.5, 0.6) is 0 Å². The van der Waals surface area contributed by atoms with Gasteiger partial charge in [0.05, 0.1) is 18.7 Å². The third-order valence-corrected chi connectivity index (χ3v) is 5.92. The Morgan fingerprint density at radius 3 is 2.46 bits per heavy atom. The topological polar surface area (TPSA) is 94.8 Å². The van der Waals surface area contributed by atoms with Crippen LogP contribution < -0.4 is 0 Å². The van der Waals surface area contributed by atoms with Gasteiger partial charge in [-0.2, -0.15) is 0 Å². The lowest BCUT2D eigenvalue weighted by Crippen LogP contribution is -2.16. The average molecular weight is 406 g/mol. The molecule has 7 heteroatoms. The zero-order valence-electron chi connectivity index (χ0n) is 16.0. The SMILES string of the molecule is Cc1cc(C)c(/C=C/P(=O)(O)CC(O)CC(=O)O)c(-c2ccc(F)c(C)c2)c1. The number of aryl methyl sites for hydroxylation is 3. The fraction of sp³-hybridized carbons (Fsp3) is 0.286. The Kier molecular flexibility index (Phi) is 6.94. The van der Waals surface area contributed by atoms with Crippen LogP contribution in [0.2, 0.25) is 0 Å². The van der Waals surface area contributed by atoms with Crippen LogP contribution in [0.3, 0.4) is 0 Å². The lowest BCUT2D eigenvalue weighted by Gasteiger charge is -2.14. The van der Waals surface area contributed by atoms with Crippen molar-refractivity contribution in [3.63, 3.8) is 0 Å². The third-order valence-electron chi connectivity index (χ3n) is 4.36. The van der Waals surface area contributed by atoms with Gasteiger partial charge in [0.15, 0.2) is 0 Å². The molecule has 0 aromatic heterocycles. The van der Waals surface area contributed by atoms with E-state index in [1.165, 1.54) is 12.1 Å². The molecule has 0 heterocycles. The molecule has 0 fully saturated rings. The van der Waals surface area contributed by atoms with Gasteiger partial charge in [0.25, 0.3) is 0 Å². The second kappa shape index (κ2) is 8.82. The molecule has 0 amide bonds. The van der Waals surface area contributed by atoms with Crippen LogP contribution in [0.25, 0.3) is 17.2 Å². The molecule has 2 unspecified atom stereocenters. The van der Waals surface area contributed by atoms with Gasteiger partial charge in [-0.05, 0) is 66.8 Å². The van der Waals surface area contributed by atoms with Crippen LogP contribution in [0.1, 0.15) is 28.7 Å². The Labute approximate surface area is 163 Å². The maximum atomic E-state index is 13.6. The number of hydrogen-bond donors (Lipinski definition) is 3. The predicted octanol–water partition coefficient (Wildman–Crippen LogP) is 4.49. The molecular weight excluding hydrogens is 382 g/mol. The second-order valence-electron chi connectivity index (χ2n) is 7.01. The summed E-state index contributed by atoms with van der Waals surface area (Å²) in [5.74, 6) is -0.423. The Bertz CT molecular complexity index is 968. The third kappa shape index (κ3) is 5.86. The second-order valence-corrected chi connectivity index (χ2v) is 9.19. The maximum absolute atomic E-state index is 13.6. The van der Waals surface area contributed by atoms with Crippen molar-refractivity contribution in [3.05, 3.63) is 64.2 Å². The van der Waals surface area contributed by atoms with Crippen LogP contribution in [-0.4, -0.2) is 33.3 Å². The van der Waals surface area contributed by atoms with Crippen molar-refractivity contribution >= 4 is 19.4 Å². The molecule has 0 aliphatic heterocycles. The van der Waals surface area contributed by atoms with Gasteiger partial charge in [0.1, 0.15) is 5.82 Å². The van der Waals surface area contributed by atoms with E-state index in [4.69, 9.17) is 5.11 Å². The Morgan fingerprint density at radius 2 is 1.86 bits per heavy atom. The summed E-state index contributed by atoms with van der Waals surface area (Å²) in [5, 5.41) is 18.3. The number of carbonyl (C=O) groups is 1. The fourth-order valence-electron chi connectivity index (χ4n) is 3.07. The van der Waals surface area contributed by atoms with Crippen LogP contribution >= 0.6 is 7.37 Å². The fourth-order valence-corrected chi connectivity index (χ4v) is 4.31. The first kappa shape index (κ1) is 22.0. The minimum Gasteiger partial charge on any atom is -0.481 e. The van der Waals surface area contributed by atoms with E-state index >= 15 is 0 Å². The highest BCUT2D eigenvalue weighted by molar-refractivity contribution is 7.61. The van der Waals surface area contributed by atoms with E-state index in [1.807, 2.05) is 26.0 Å². The number of hydrogen-bond acceptors (Lipinski definition) is 3. The van der Waals surface area contributed by atoms with E-state index in [9.17, 15) is 23.7 Å². The van der Waals surface area contributed by atoms with Gasteiger partial charge in [-0.1, -0.05) is 23.8 Å². The molecule has 0 bridgehead atoms. The molecule has 0 saturated carbocycles. The number of benzene rings is 2. The Morgan fingerprint density at radius 1 is 1.18 bits per heavy atom. The molecule has 0 spiro atoms. The summed E-state index contributed by atoms with van der Waals surface area (Å²) in [6.07, 6.45) is -1.03. The normalized spacial score (nSPS) is 14.8. The summed E-state index contributed by atoms with van der Waals surface area (Å²) in [4.78, 5) is 20.7.